The number of carbonyl (C=O) groups is 1. The quantitative estimate of drug-likeness (QED) is 0.869. The summed E-state index contributed by atoms with van der Waals surface area (Å²) in [5.41, 5.74) is 2.29. The van der Waals surface area contributed by atoms with E-state index in [4.69, 9.17) is 9.84 Å². The van der Waals surface area contributed by atoms with Crippen LogP contribution < -0.4 is 4.74 Å². The van der Waals surface area contributed by atoms with Gasteiger partial charge in [0, 0.05) is 5.92 Å². The molecule has 98 valence electrons. The van der Waals surface area contributed by atoms with Gasteiger partial charge in [-0.1, -0.05) is 19.9 Å². The Hall–Kier alpha value is -1.51. The molecule has 0 spiro atoms. The van der Waals surface area contributed by atoms with Crippen LogP contribution in [0.5, 0.6) is 5.75 Å². The maximum atomic E-state index is 11.2. The fourth-order valence-electron chi connectivity index (χ4n) is 2.07. The van der Waals surface area contributed by atoms with Gasteiger partial charge in [-0.05, 0) is 48.9 Å². The van der Waals surface area contributed by atoms with Crippen molar-refractivity contribution in [3.63, 3.8) is 0 Å². The first-order valence-corrected chi connectivity index (χ1v) is 6.48. The van der Waals surface area contributed by atoms with Crippen LogP contribution in [0.2, 0.25) is 0 Å². The highest BCUT2D eigenvalue weighted by Gasteiger charge is 2.38. The largest absolute Gasteiger partial charge is 0.478 e. The summed E-state index contributed by atoms with van der Waals surface area (Å²) in [5, 5.41) is 9.17. The maximum absolute atomic E-state index is 11.2. The second-order valence-electron chi connectivity index (χ2n) is 5.45. The van der Waals surface area contributed by atoms with Crippen LogP contribution >= 0.6 is 0 Å². The summed E-state index contributed by atoms with van der Waals surface area (Å²) >= 11 is 0. The first-order valence-electron chi connectivity index (χ1n) is 6.48. The Kier molecular flexibility index (Phi) is 3.60. The highest BCUT2D eigenvalue weighted by Crippen LogP contribution is 2.35. The molecule has 3 heteroatoms. The molecule has 1 saturated carbocycles. The Bertz CT molecular complexity index is 447. The summed E-state index contributed by atoms with van der Waals surface area (Å²) in [6.45, 7) is 6.24. The van der Waals surface area contributed by atoms with Gasteiger partial charge >= 0.3 is 5.97 Å². The Morgan fingerprint density at radius 2 is 2.00 bits per heavy atom. The molecule has 1 aromatic rings. The first-order chi connectivity index (χ1) is 8.47. The zero-order valence-corrected chi connectivity index (χ0v) is 11.1. The van der Waals surface area contributed by atoms with Gasteiger partial charge in [-0.3, -0.25) is 0 Å². The van der Waals surface area contributed by atoms with Gasteiger partial charge in [-0.2, -0.15) is 0 Å². The Morgan fingerprint density at radius 1 is 1.33 bits per heavy atom. The highest BCUT2D eigenvalue weighted by molar-refractivity contribution is 5.73. The molecule has 0 bridgehead atoms. The van der Waals surface area contributed by atoms with Crippen molar-refractivity contribution in [3.8, 4) is 5.75 Å². The van der Waals surface area contributed by atoms with Crippen molar-refractivity contribution >= 4 is 5.97 Å². The molecular weight excluding hydrogens is 228 g/mol. The number of hydrogen-bond donors (Lipinski definition) is 1. The third-order valence-corrected chi connectivity index (χ3v) is 3.30. The second kappa shape index (κ2) is 5.01. The molecule has 3 nitrogen and oxygen atoms in total. The van der Waals surface area contributed by atoms with Gasteiger partial charge in [-0.15, -0.1) is 0 Å². The monoisotopic (exact) mass is 248 g/mol. The smallest absolute Gasteiger partial charge is 0.345 e. The van der Waals surface area contributed by atoms with Gasteiger partial charge < -0.3 is 9.84 Å². The van der Waals surface area contributed by atoms with Crippen LogP contribution in [0.1, 0.15) is 43.7 Å². The second-order valence-corrected chi connectivity index (χ2v) is 5.45. The van der Waals surface area contributed by atoms with Crippen LogP contribution in [-0.4, -0.2) is 17.2 Å². The molecule has 2 rings (SSSR count). The van der Waals surface area contributed by atoms with Crippen molar-refractivity contribution in [2.45, 2.75) is 45.6 Å². The van der Waals surface area contributed by atoms with Crippen LogP contribution in [0.4, 0.5) is 0 Å². The highest BCUT2D eigenvalue weighted by atomic mass is 16.5. The number of aryl methyl sites for hydroxylation is 1. The lowest BCUT2D eigenvalue weighted by molar-refractivity contribution is -0.146. The number of carboxylic acids is 1. The van der Waals surface area contributed by atoms with Crippen molar-refractivity contribution in [3.05, 3.63) is 29.3 Å². The van der Waals surface area contributed by atoms with E-state index in [-0.39, 0.29) is 5.92 Å². The van der Waals surface area contributed by atoms with Gasteiger partial charge in [0.05, 0.1) is 0 Å². The number of carboxylic acid groups (broad SMARTS) is 1. The van der Waals surface area contributed by atoms with Crippen LogP contribution in [0, 0.1) is 12.8 Å². The zero-order valence-electron chi connectivity index (χ0n) is 11.1. The summed E-state index contributed by atoms with van der Waals surface area (Å²) in [4.78, 5) is 11.2. The Balaban J connectivity index is 2.19. The lowest BCUT2D eigenvalue weighted by Crippen LogP contribution is -2.29. The molecule has 0 heterocycles. The third kappa shape index (κ3) is 3.03. The van der Waals surface area contributed by atoms with Crippen molar-refractivity contribution in [2.24, 2.45) is 5.92 Å². The van der Waals surface area contributed by atoms with Crippen LogP contribution in [-0.2, 0) is 4.79 Å². The fraction of sp³-hybridized carbons (Fsp3) is 0.533. The minimum atomic E-state index is -0.856. The molecule has 0 aliphatic heterocycles. The van der Waals surface area contributed by atoms with Crippen molar-refractivity contribution in [1.82, 2.24) is 0 Å². The lowest BCUT2D eigenvalue weighted by atomic mass is 10.0. The predicted molar refractivity (Wildman–Crippen MR) is 70.0 cm³/mol. The van der Waals surface area contributed by atoms with Gasteiger partial charge in [-0.25, -0.2) is 4.79 Å². The van der Waals surface area contributed by atoms with Gasteiger partial charge in [0.25, 0.3) is 0 Å². The van der Waals surface area contributed by atoms with E-state index < -0.39 is 12.1 Å². The summed E-state index contributed by atoms with van der Waals surface area (Å²) in [5.74, 6) is 0.421. The van der Waals surface area contributed by atoms with Gasteiger partial charge in [0.1, 0.15) is 5.75 Å². The number of benzene rings is 1. The average molecular weight is 248 g/mol. The molecule has 1 aliphatic rings. The summed E-state index contributed by atoms with van der Waals surface area (Å²) < 4.78 is 5.67. The van der Waals surface area contributed by atoms with E-state index >= 15 is 0 Å². The number of hydrogen-bond acceptors (Lipinski definition) is 2. The van der Waals surface area contributed by atoms with E-state index in [9.17, 15) is 4.79 Å². The summed E-state index contributed by atoms with van der Waals surface area (Å²) in [6, 6.07) is 5.98. The molecule has 0 amide bonds. The van der Waals surface area contributed by atoms with E-state index in [0.29, 0.717) is 11.7 Å². The van der Waals surface area contributed by atoms with Crippen molar-refractivity contribution in [2.75, 3.05) is 0 Å². The van der Waals surface area contributed by atoms with E-state index in [2.05, 4.69) is 19.9 Å². The van der Waals surface area contributed by atoms with Gasteiger partial charge in [0.2, 0.25) is 0 Å². The maximum Gasteiger partial charge on any atom is 0.345 e. The molecule has 18 heavy (non-hydrogen) atoms. The molecule has 1 unspecified atom stereocenters. The molecular formula is C15H20O3. The molecule has 1 fully saturated rings. The van der Waals surface area contributed by atoms with E-state index in [1.807, 2.05) is 19.1 Å². The molecule has 1 aliphatic carbocycles. The van der Waals surface area contributed by atoms with Crippen LogP contribution in [0.3, 0.4) is 0 Å². The standard InChI is InChI=1S/C15H20O3/c1-9(2)12-6-10(3)7-13(8-12)18-14(15(16)17)11-4-5-11/h6-9,11,14H,4-5H2,1-3H3,(H,16,17). The Labute approximate surface area is 108 Å². The van der Waals surface area contributed by atoms with Gasteiger partial charge in [0.15, 0.2) is 6.10 Å². The van der Waals surface area contributed by atoms with Crippen molar-refractivity contribution < 1.29 is 14.6 Å². The lowest BCUT2D eigenvalue weighted by Gasteiger charge is -2.16. The first kappa shape index (κ1) is 12.9. The molecule has 1 atom stereocenters. The molecule has 0 radical (unpaired) electrons. The minimum absolute atomic E-state index is 0.186. The summed E-state index contributed by atoms with van der Waals surface area (Å²) in [7, 11) is 0. The number of rotatable bonds is 5. The van der Waals surface area contributed by atoms with Crippen LogP contribution in [0.15, 0.2) is 18.2 Å². The molecule has 0 aromatic heterocycles. The normalized spacial score (nSPS) is 16.7. The van der Waals surface area contributed by atoms with Crippen LogP contribution in [0.25, 0.3) is 0 Å². The van der Waals surface area contributed by atoms with Crippen molar-refractivity contribution in [1.29, 1.82) is 0 Å². The molecule has 0 saturated heterocycles. The van der Waals surface area contributed by atoms with E-state index in [0.717, 1.165) is 18.4 Å². The third-order valence-electron chi connectivity index (χ3n) is 3.30. The topological polar surface area (TPSA) is 46.5 Å². The average Bonchev–Trinajstić information content (AvgIpc) is 3.08. The SMILES string of the molecule is Cc1cc(OC(C(=O)O)C2CC2)cc(C(C)C)c1. The summed E-state index contributed by atoms with van der Waals surface area (Å²) in [6.07, 6.45) is 1.23. The minimum Gasteiger partial charge on any atom is -0.478 e. The number of ether oxygens (including phenoxy) is 1. The Morgan fingerprint density at radius 3 is 2.50 bits per heavy atom. The van der Waals surface area contributed by atoms with E-state index in [1.54, 1.807) is 0 Å². The molecule has 1 aromatic carbocycles. The molecule has 1 N–H and O–H groups in total. The number of aliphatic carboxylic acids is 1. The fourth-order valence-corrected chi connectivity index (χ4v) is 2.07. The van der Waals surface area contributed by atoms with E-state index in [1.165, 1.54) is 5.56 Å². The predicted octanol–water partition coefficient (Wildman–Crippen LogP) is 3.36. The zero-order chi connectivity index (χ0) is 13.3.